The highest BCUT2D eigenvalue weighted by atomic mass is 16.6. The molecule has 8 heteroatoms. The van der Waals surface area contributed by atoms with Crippen LogP contribution in [0.5, 0.6) is 11.5 Å². The largest absolute Gasteiger partial charge is 0.493 e. The summed E-state index contributed by atoms with van der Waals surface area (Å²) >= 11 is 0. The zero-order chi connectivity index (χ0) is 20.5. The molecule has 0 heterocycles. The number of nitrogens with zero attached hydrogens (tertiary/aromatic N) is 2. The fourth-order valence-electron chi connectivity index (χ4n) is 2.22. The minimum absolute atomic E-state index is 0.0700. The Morgan fingerprint density at radius 1 is 1.32 bits per heavy atom. The van der Waals surface area contributed by atoms with Crippen LogP contribution in [0.15, 0.2) is 48.0 Å². The lowest BCUT2D eigenvalue weighted by molar-refractivity contribution is -0.384. The minimum atomic E-state index is -0.699. The van der Waals surface area contributed by atoms with Crippen molar-refractivity contribution in [2.75, 3.05) is 19.0 Å². The molecule has 0 aromatic heterocycles. The molecule has 0 atom stereocenters. The number of terminal acetylenes is 1. The molecule has 140 valence electrons. The molecule has 0 aliphatic heterocycles. The first-order valence-electron chi connectivity index (χ1n) is 7.90. The average Bonchev–Trinajstić information content (AvgIpc) is 2.70. The van der Waals surface area contributed by atoms with Crippen molar-refractivity contribution >= 4 is 23.4 Å². The van der Waals surface area contributed by atoms with Crippen molar-refractivity contribution in [2.45, 2.75) is 0 Å². The maximum atomic E-state index is 12.3. The third-order valence-electron chi connectivity index (χ3n) is 3.49. The van der Waals surface area contributed by atoms with Crippen LogP contribution in [-0.2, 0) is 4.79 Å². The molecule has 1 amide bonds. The Morgan fingerprint density at radius 3 is 2.75 bits per heavy atom. The third-order valence-corrected chi connectivity index (χ3v) is 3.49. The smallest absolute Gasteiger partial charge is 0.271 e. The van der Waals surface area contributed by atoms with Gasteiger partial charge in [0.05, 0.1) is 12.0 Å². The number of hydrogen-bond acceptors (Lipinski definition) is 6. The van der Waals surface area contributed by atoms with Crippen LogP contribution in [-0.4, -0.2) is 24.5 Å². The van der Waals surface area contributed by atoms with Gasteiger partial charge in [0.15, 0.2) is 11.5 Å². The van der Waals surface area contributed by atoms with E-state index in [1.165, 1.54) is 37.5 Å². The van der Waals surface area contributed by atoms with Gasteiger partial charge in [-0.1, -0.05) is 18.1 Å². The number of nitrogens with one attached hydrogen (secondary N) is 1. The summed E-state index contributed by atoms with van der Waals surface area (Å²) in [5.74, 6) is 2.46. The first-order valence-corrected chi connectivity index (χ1v) is 7.90. The van der Waals surface area contributed by atoms with Crippen molar-refractivity contribution in [2.24, 2.45) is 0 Å². The summed E-state index contributed by atoms with van der Waals surface area (Å²) in [6.07, 6.45) is 6.52. The quantitative estimate of drug-likeness (QED) is 0.261. The molecule has 0 aliphatic rings. The van der Waals surface area contributed by atoms with Gasteiger partial charge in [-0.15, -0.1) is 6.42 Å². The number of carbonyl (C=O) groups is 1. The maximum absolute atomic E-state index is 12.3. The molecule has 0 saturated carbocycles. The normalized spacial score (nSPS) is 10.3. The van der Waals surface area contributed by atoms with E-state index >= 15 is 0 Å². The van der Waals surface area contributed by atoms with E-state index in [1.807, 2.05) is 6.07 Å². The number of non-ortho nitro benzene ring substituents is 1. The van der Waals surface area contributed by atoms with Crippen LogP contribution in [0.4, 0.5) is 11.4 Å². The second-order valence-electron chi connectivity index (χ2n) is 5.33. The standard InChI is InChI=1S/C20H15N3O5/c1-3-9-28-18-8-7-14(11-19(18)27-2)10-15(13-21)20(24)22-16-5-4-6-17(12-16)23(25)26/h1,4-8,10-12H,9H2,2H3,(H,22,24)/b15-10+. The minimum Gasteiger partial charge on any atom is -0.493 e. The number of hydrogen-bond donors (Lipinski definition) is 1. The molecule has 0 aliphatic carbocycles. The fraction of sp³-hybridized carbons (Fsp3) is 0.100. The lowest BCUT2D eigenvalue weighted by Gasteiger charge is -2.09. The Balaban J connectivity index is 2.24. The van der Waals surface area contributed by atoms with Crippen LogP contribution in [0.3, 0.4) is 0 Å². The molecule has 28 heavy (non-hydrogen) atoms. The third kappa shape index (κ3) is 5.10. The molecule has 0 bridgehead atoms. The van der Waals surface area contributed by atoms with Crippen molar-refractivity contribution in [3.05, 3.63) is 63.7 Å². The van der Waals surface area contributed by atoms with E-state index in [9.17, 15) is 20.2 Å². The first kappa shape index (κ1) is 20.0. The van der Waals surface area contributed by atoms with Gasteiger partial charge in [-0.2, -0.15) is 5.26 Å². The van der Waals surface area contributed by atoms with Crippen molar-refractivity contribution in [3.8, 4) is 29.9 Å². The molecule has 8 nitrogen and oxygen atoms in total. The first-order chi connectivity index (χ1) is 13.5. The molecule has 0 unspecified atom stereocenters. The molecule has 0 spiro atoms. The van der Waals surface area contributed by atoms with Gasteiger partial charge >= 0.3 is 0 Å². The second-order valence-corrected chi connectivity index (χ2v) is 5.33. The molecule has 0 fully saturated rings. The van der Waals surface area contributed by atoms with Crippen LogP contribution in [0.2, 0.25) is 0 Å². The van der Waals surface area contributed by atoms with Gasteiger partial charge in [0.25, 0.3) is 11.6 Å². The number of benzene rings is 2. The Labute approximate surface area is 161 Å². The van der Waals surface area contributed by atoms with Gasteiger partial charge in [0.1, 0.15) is 18.2 Å². The van der Waals surface area contributed by atoms with Gasteiger partial charge < -0.3 is 14.8 Å². The summed E-state index contributed by atoms with van der Waals surface area (Å²) in [4.78, 5) is 22.6. The summed E-state index contributed by atoms with van der Waals surface area (Å²) in [5, 5.41) is 22.6. The molecule has 2 rings (SSSR count). The van der Waals surface area contributed by atoms with E-state index in [2.05, 4.69) is 11.2 Å². The fourth-order valence-corrected chi connectivity index (χ4v) is 2.22. The number of amides is 1. The number of methoxy groups -OCH3 is 1. The lowest BCUT2D eigenvalue weighted by atomic mass is 10.1. The Bertz CT molecular complexity index is 1020. The van der Waals surface area contributed by atoms with Crippen molar-refractivity contribution in [1.82, 2.24) is 0 Å². The maximum Gasteiger partial charge on any atom is 0.271 e. The van der Waals surface area contributed by atoms with E-state index in [1.54, 1.807) is 18.2 Å². The van der Waals surface area contributed by atoms with E-state index in [0.29, 0.717) is 17.1 Å². The number of nitro groups is 1. The molecule has 0 saturated heterocycles. The molecule has 1 N–H and O–H groups in total. The van der Waals surface area contributed by atoms with E-state index in [0.717, 1.165) is 0 Å². The van der Waals surface area contributed by atoms with Crippen LogP contribution in [0, 0.1) is 33.8 Å². The van der Waals surface area contributed by atoms with Gasteiger partial charge in [-0.25, -0.2) is 0 Å². The number of nitro benzene ring substituents is 1. The van der Waals surface area contributed by atoms with Crippen LogP contribution in [0.1, 0.15) is 5.56 Å². The number of carbonyl (C=O) groups excluding carboxylic acids is 1. The number of ether oxygens (including phenoxy) is 2. The Hall–Kier alpha value is -4.30. The second kappa shape index (κ2) is 9.41. The van der Waals surface area contributed by atoms with Crippen LogP contribution in [0.25, 0.3) is 6.08 Å². The van der Waals surface area contributed by atoms with Gasteiger partial charge in [0, 0.05) is 17.8 Å². The van der Waals surface area contributed by atoms with Crippen molar-refractivity contribution < 1.29 is 19.2 Å². The zero-order valence-electron chi connectivity index (χ0n) is 14.8. The summed E-state index contributed by atoms with van der Waals surface area (Å²) in [6, 6.07) is 12.1. The van der Waals surface area contributed by atoms with E-state index < -0.39 is 10.8 Å². The van der Waals surface area contributed by atoms with Gasteiger partial charge in [0.2, 0.25) is 0 Å². The molecule has 0 radical (unpaired) electrons. The van der Waals surface area contributed by atoms with Crippen LogP contribution >= 0.6 is 0 Å². The predicted molar refractivity (Wildman–Crippen MR) is 103 cm³/mol. The number of anilines is 1. The molecule has 2 aromatic rings. The number of nitriles is 1. The lowest BCUT2D eigenvalue weighted by Crippen LogP contribution is -2.13. The molecular formula is C20H15N3O5. The monoisotopic (exact) mass is 377 g/mol. The highest BCUT2D eigenvalue weighted by molar-refractivity contribution is 6.09. The number of rotatable bonds is 7. The van der Waals surface area contributed by atoms with Crippen LogP contribution < -0.4 is 14.8 Å². The van der Waals surface area contributed by atoms with E-state index in [4.69, 9.17) is 15.9 Å². The molecule has 2 aromatic carbocycles. The van der Waals surface area contributed by atoms with Crippen molar-refractivity contribution in [3.63, 3.8) is 0 Å². The predicted octanol–water partition coefficient (Wildman–Crippen LogP) is 3.16. The highest BCUT2D eigenvalue weighted by Crippen LogP contribution is 2.29. The highest BCUT2D eigenvalue weighted by Gasteiger charge is 2.13. The summed E-state index contributed by atoms with van der Waals surface area (Å²) in [5.41, 5.74) is 0.366. The Morgan fingerprint density at radius 2 is 2.11 bits per heavy atom. The van der Waals surface area contributed by atoms with Crippen molar-refractivity contribution in [1.29, 1.82) is 5.26 Å². The summed E-state index contributed by atoms with van der Waals surface area (Å²) in [6.45, 7) is 0.0700. The van der Waals surface area contributed by atoms with Gasteiger partial charge in [-0.3, -0.25) is 14.9 Å². The average molecular weight is 377 g/mol. The summed E-state index contributed by atoms with van der Waals surface area (Å²) in [7, 11) is 1.45. The summed E-state index contributed by atoms with van der Waals surface area (Å²) < 4.78 is 10.6. The SMILES string of the molecule is C#CCOc1ccc(/C=C(\C#N)C(=O)Nc2cccc([N+](=O)[O-])c2)cc1OC. The van der Waals surface area contributed by atoms with E-state index in [-0.39, 0.29) is 23.6 Å². The zero-order valence-corrected chi connectivity index (χ0v) is 14.8. The van der Waals surface area contributed by atoms with Gasteiger partial charge in [-0.05, 0) is 29.8 Å². The molecular weight excluding hydrogens is 362 g/mol. The topological polar surface area (TPSA) is 114 Å². The Kier molecular flexibility index (Phi) is 6.73.